The summed E-state index contributed by atoms with van der Waals surface area (Å²) in [5.74, 6) is 1.40. The third-order valence-electron chi connectivity index (χ3n) is 3.07. The van der Waals surface area contributed by atoms with Crippen molar-refractivity contribution in [3.8, 4) is 11.3 Å². The predicted octanol–water partition coefficient (Wildman–Crippen LogP) is 4.23. The molecule has 2 aromatic rings. The van der Waals surface area contributed by atoms with Gasteiger partial charge in [0.1, 0.15) is 17.3 Å². The highest BCUT2D eigenvalue weighted by Crippen LogP contribution is 2.37. The number of halogens is 3. The lowest BCUT2D eigenvalue weighted by atomic mass is 10.1. The number of nitrogens with two attached hydrogens (primary N) is 1. The lowest BCUT2D eigenvalue weighted by Gasteiger charge is -2.06. The van der Waals surface area contributed by atoms with Crippen molar-refractivity contribution in [2.24, 2.45) is 7.05 Å². The minimum atomic E-state index is -4.28. The van der Waals surface area contributed by atoms with E-state index in [0.717, 1.165) is 24.2 Å². The number of rotatable bonds is 4. The van der Waals surface area contributed by atoms with Gasteiger partial charge < -0.3 is 10.3 Å². The average molecular weight is 315 g/mol. The van der Waals surface area contributed by atoms with Crippen molar-refractivity contribution in [1.29, 1.82) is 0 Å². The monoisotopic (exact) mass is 315 g/mol. The molecule has 0 atom stereocenters. The molecule has 1 heterocycles. The van der Waals surface area contributed by atoms with E-state index < -0.39 is 5.51 Å². The summed E-state index contributed by atoms with van der Waals surface area (Å²) in [7, 11) is 1.84. The summed E-state index contributed by atoms with van der Waals surface area (Å²) in [6.45, 7) is 2.05. The van der Waals surface area contributed by atoms with E-state index in [-0.39, 0.29) is 16.7 Å². The largest absolute Gasteiger partial charge is 0.446 e. The molecule has 0 unspecified atom stereocenters. The van der Waals surface area contributed by atoms with Crippen LogP contribution in [-0.2, 0) is 13.5 Å². The summed E-state index contributed by atoms with van der Waals surface area (Å²) < 4.78 is 38.7. The molecule has 0 saturated carbocycles. The smallest absolute Gasteiger partial charge is 0.383 e. The zero-order valence-electron chi connectivity index (χ0n) is 11.7. The molecule has 0 saturated heterocycles. The van der Waals surface area contributed by atoms with Gasteiger partial charge in [-0.3, -0.25) is 0 Å². The minimum Gasteiger partial charge on any atom is -0.383 e. The molecule has 0 fully saturated rings. The van der Waals surface area contributed by atoms with Gasteiger partial charge in [-0.15, -0.1) is 0 Å². The Balaban J connectivity index is 2.29. The molecule has 2 N–H and O–H groups in total. The van der Waals surface area contributed by atoms with Gasteiger partial charge in [0.2, 0.25) is 0 Å². The van der Waals surface area contributed by atoms with E-state index in [2.05, 4.69) is 4.98 Å². The number of nitrogens with zero attached hydrogens (tertiary/aromatic N) is 2. The van der Waals surface area contributed by atoms with Crippen molar-refractivity contribution in [2.75, 3.05) is 5.73 Å². The molecule has 0 aliphatic rings. The Labute approximate surface area is 125 Å². The number of hydrogen-bond acceptors (Lipinski definition) is 3. The number of benzene rings is 1. The maximum absolute atomic E-state index is 12.3. The van der Waals surface area contributed by atoms with Crippen LogP contribution < -0.4 is 5.73 Å². The highest BCUT2D eigenvalue weighted by Gasteiger charge is 2.29. The molecule has 0 radical (unpaired) electrons. The summed E-state index contributed by atoms with van der Waals surface area (Å²) in [6.07, 6.45) is 1.76. The molecule has 3 nitrogen and oxygen atoms in total. The van der Waals surface area contributed by atoms with Gasteiger partial charge in [-0.05, 0) is 30.3 Å². The Bertz CT molecular complexity index is 618. The fourth-order valence-electron chi connectivity index (χ4n) is 2.03. The summed E-state index contributed by atoms with van der Waals surface area (Å²) in [4.78, 5) is 4.63. The van der Waals surface area contributed by atoms with E-state index in [9.17, 15) is 13.2 Å². The van der Waals surface area contributed by atoms with Crippen molar-refractivity contribution < 1.29 is 13.2 Å². The van der Waals surface area contributed by atoms with Crippen LogP contribution in [0.2, 0.25) is 0 Å². The number of aromatic nitrogens is 2. The maximum Gasteiger partial charge on any atom is 0.446 e. The number of anilines is 1. The number of nitrogen functional groups attached to an aromatic ring is 1. The van der Waals surface area contributed by atoms with Gasteiger partial charge in [0.15, 0.2) is 0 Å². The second-order valence-corrected chi connectivity index (χ2v) is 5.78. The number of imidazole rings is 1. The van der Waals surface area contributed by atoms with Gasteiger partial charge in [-0.2, -0.15) is 13.2 Å². The predicted molar refractivity (Wildman–Crippen MR) is 79.0 cm³/mol. The summed E-state index contributed by atoms with van der Waals surface area (Å²) in [6, 6.07) is 6.09. The molecule has 0 aliphatic heterocycles. The Morgan fingerprint density at radius 2 is 1.86 bits per heavy atom. The molecule has 0 spiro atoms. The Morgan fingerprint density at radius 1 is 1.24 bits per heavy atom. The zero-order valence-corrected chi connectivity index (χ0v) is 12.6. The van der Waals surface area contributed by atoms with Gasteiger partial charge in [0.05, 0.1) is 0 Å². The number of thioether (sulfide) groups is 1. The maximum atomic E-state index is 12.3. The fraction of sp³-hybridized carbons (Fsp3) is 0.357. The van der Waals surface area contributed by atoms with Crippen LogP contribution in [0.15, 0.2) is 29.2 Å². The van der Waals surface area contributed by atoms with Gasteiger partial charge in [-0.25, -0.2) is 4.98 Å². The first-order valence-corrected chi connectivity index (χ1v) is 7.30. The molecule has 114 valence electrons. The van der Waals surface area contributed by atoms with Crippen LogP contribution in [-0.4, -0.2) is 15.1 Å². The first-order chi connectivity index (χ1) is 9.81. The molecule has 7 heteroatoms. The van der Waals surface area contributed by atoms with Gasteiger partial charge in [-0.1, -0.05) is 19.1 Å². The van der Waals surface area contributed by atoms with Crippen LogP contribution in [0.4, 0.5) is 19.0 Å². The molecule has 0 amide bonds. The third kappa shape index (κ3) is 3.72. The summed E-state index contributed by atoms with van der Waals surface area (Å²) in [5, 5.41) is 0. The number of hydrogen-bond donors (Lipinski definition) is 1. The SMILES string of the molecule is CCCc1nc(-c2ccc(SC(F)(F)F)cc2)c(N)n1C. The minimum absolute atomic E-state index is 0.132. The van der Waals surface area contributed by atoms with Crippen molar-refractivity contribution in [1.82, 2.24) is 9.55 Å². The molecule has 1 aromatic carbocycles. The second-order valence-electron chi connectivity index (χ2n) is 4.64. The Kier molecular flexibility index (Phi) is 4.51. The average Bonchev–Trinajstić information content (AvgIpc) is 2.67. The highest BCUT2D eigenvalue weighted by atomic mass is 32.2. The van der Waals surface area contributed by atoms with E-state index in [1.807, 2.05) is 18.5 Å². The normalized spacial score (nSPS) is 11.9. The van der Waals surface area contributed by atoms with Gasteiger partial charge in [0.25, 0.3) is 0 Å². The highest BCUT2D eigenvalue weighted by molar-refractivity contribution is 8.00. The van der Waals surface area contributed by atoms with Crippen molar-refractivity contribution in [3.05, 3.63) is 30.1 Å². The van der Waals surface area contributed by atoms with Crippen molar-refractivity contribution in [3.63, 3.8) is 0 Å². The molecular weight excluding hydrogens is 299 g/mol. The third-order valence-corrected chi connectivity index (χ3v) is 3.81. The van der Waals surface area contributed by atoms with Crippen molar-refractivity contribution >= 4 is 17.6 Å². The van der Waals surface area contributed by atoms with Crippen LogP contribution in [0.3, 0.4) is 0 Å². The number of aryl methyl sites for hydroxylation is 1. The van der Waals surface area contributed by atoms with Gasteiger partial charge >= 0.3 is 5.51 Å². The van der Waals surface area contributed by atoms with E-state index >= 15 is 0 Å². The van der Waals surface area contributed by atoms with E-state index in [4.69, 9.17) is 5.73 Å². The molecule has 0 aliphatic carbocycles. The van der Waals surface area contributed by atoms with E-state index in [1.54, 1.807) is 12.1 Å². The Hall–Kier alpha value is -1.63. The molecule has 21 heavy (non-hydrogen) atoms. The second kappa shape index (κ2) is 6.01. The van der Waals surface area contributed by atoms with Crippen LogP contribution in [0.25, 0.3) is 11.3 Å². The van der Waals surface area contributed by atoms with Crippen LogP contribution in [0.1, 0.15) is 19.2 Å². The zero-order chi connectivity index (χ0) is 15.6. The molecule has 2 rings (SSSR count). The number of alkyl halides is 3. The first kappa shape index (κ1) is 15.8. The molecular formula is C14H16F3N3S. The summed E-state index contributed by atoms with van der Waals surface area (Å²) in [5.41, 5.74) is 3.08. The molecule has 0 bridgehead atoms. The van der Waals surface area contributed by atoms with Crippen LogP contribution >= 0.6 is 11.8 Å². The van der Waals surface area contributed by atoms with Gasteiger partial charge in [0, 0.05) is 23.9 Å². The van der Waals surface area contributed by atoms with Crippen LogP contribution in [0.5, 0.6) is 0 Å². The van der Waals surface area contributed by atoms with Crippen molar-refractivity contribution in [2.45, 2.75) is 30.2 Å². The van der Waals surface area contributed by atoms with E-state index in [0.29, 0.717) is 11.5 Å². The lowest BCUT2D eigenvalue weighted by molar-refractivity contribution is -0.0328. The quantitative estimate of drug-likeness (QED) is 0.859. The molecule has 1 aromatic heterocycles. The first-order valence-electron chi connectivity index (χ1n) is 6.49. The van der Waals surface area contributed by atoms with Crippen LogP contribution in [0, 0.1) is 0 Å². The Morgan fingerprint density at radius 3 is 2.38 bits per heavy atom. The lowest BCUT2D eigenvalue weighted by Crippen LogP contribution is -2.01. The standard InChI is InChI=1S/C14H16F3N3S/c1-3-4-11-19-12(13(18)20(11)2)9-5-7-10(8-6-9)21-14(15,16)17/h5-8H,3-4,18H2,1-2H3. The fourth-order valence-corrected chi connectivity index (χ4v) is 2.57. The topological polar surface area (TPSA) is 43.8 Å². The van der Waals surface area contributed by atoms with E-state index in [1.165, 1.54) is 12.1 Å². The summed E-state index contributed by atoms with van der Waals surface area (Å²) >= 11 is -0.132.